The van der Waals surface area contributed by atoms with Gasteiger partial charge in [0.05, 0.1) is 12.8 Å². The fourth-order valence-electron chi connectivity index (χ4n) is 3.30. The lowest BCUT2D eigenvalue weighted by Crippen LogP contribution is -2.05. The van der Waals surface area contributed by atoms with Crippen LogP contribution in [0.15, 0.2) is 47.6 Å². The molecule has 0 spiro atoms. The first-order chi connectivity index (χ1) is 15.0. The summed E-state index contributed by atoms with van der Waals surface area (Å²) in [6.45, 7) is 9.34. The van der Waals surface area contributed by atoms with Crippen molar-refractivity contribution in [3.8, 4) is 11.5 Å². The summed E-state index contributed by atoms with van der Waals surface area (Å²) in [4.78, 5) is 0. The molecule has 0 unspecified atom stereocenters. The third-order valence-electron chi connectivity index (χ3n) is 5.13. The van der Waals surface area contributed by atoms with Gasteiger partial charge in [-0.25, -0.2) is 0 Å². The molecule has 0 aliphatic heterocycles. The van der Waals surface area contributed by atoms with E-state index in [1.165, 1.54) is 5.56 Å². The van der Waals surface area contributed by atoms with Crippen LogP contribution in [-0.4, -0.2) is 27.7 Å². The highest BCUT2D eigenvalue weighted by atomic mass is 32.1. The third-order valence-corrected chi connectivity index (χ3v) is 5.40. The number of benzene rings is 2. The molecule has 2 aromatic carbocycles. The maximum atomic E-state index is 6.01. The highest BCUT2D eigenvalue weighted by molar-refractivity contribution is 7.71. The first-order valence-corrected chi connectivity index (χ1v) is 11.1. The lowest BCUT2D eigenvalue weighted by atomic mass is 10.0. The van der Waals surface area contributed by atoms with Gasteiger partial charge in [0.1, 0.15) is 6.61 Å². The number of H-pyrrole nitrogens is 1. The zero-order valence-electron chi connectivity index (χ0n) is 18.6. The number of ether oxygens (including phenoxy) is 2. The molecule has 1 N–H and O–H groups in total. The fourth-order valence-corrected chi connectivity index (χ4v) is 3.48. The predicted octanol–water partition coefficient (Wildman–Crippen LogP) is 6.01. The molecule has 164 valence electrons. The summed E-state index contributed by atoms with van der Waals surface area (Å²) >= 11 is 5.37. The zero-order valence-corrected chi connectivity index (χ0v) is 19.4. The SMILES string of the molecule is CCOc1cc(/C=N\n2c(C(CC)CC)n[nH]c2=S)ccc1OCc1ccc(C)cc1. The number of aryl methyl sites for hydroxylation is 1. The molecule has 0 bridgehead atoms. The maximum Gasteiger partial charge on any atom is 0.216 e. The van der Waals surface area contributed by atoms with E-state index in [4.69, 9.17) is 21.7 Å². The molecule has 1 aromatic heterocycles. The smallest absolute Gasteiger partial charge is 0.216 e. The highest BCUT2D eigenvalue weighted by Crippen LogP contribution is 2.29. The second kappa shape index (κ2) is 10.9. The maximum absolute atomic E-state index is 6.01. The van der Waals surface area contributed by atoms with Crippen LogP contribution in [0.1, 0.15) is 62.0 Å². The van der Waals surface area contributed by atoms with Gasteiger partial charge < -0.3 is 9.47 Å². The van der Waals surface area contributed by atoms with Crippen molar-refractivity contribution >= 4 is 18.4 Å². The molecule has 0 saturated carbocycles. The molecule has 3 rings (SSSR count). The molecule has 1 heterocycles. The molecule has 7 heteroatoms. The Balaban J connectivity index is 1.80. The van der Waals surface area contributed by atoms with Crippen molar-refractivity contribution in [2.45, 2.75) is 53.1 Å². The van der Waals surface area contributed by atoms with Gasteiger partial charge in [0.2, 0.25) is 4.77 Å². The van der Waals surface area contributed by atoms with Crippen molar-refractivity contribution in [1.82, 2.24) is 14.9 Å². The Labute approximate surface area is 188 Å². The second-order valence-corrected chi connectivity index (χ2v) is 7.76. The van der Waals surface area contributed by atoms with Crippen molar-refractivity contribution in [3.05, 3.63) is 69.8 Å². The summed E-state index contributed by atoms with van der Waals surface area (Å²) in [5.74, 6) is 2.56. The first-order valence-electron chi connectivity index (χ1n) is 10.7. The monoisotopic (exact) mass is 438 g/mol. The average molecular weight is 439 g/mol. The van der Waals surface area contributed by atoms with Gasteiger partial charge in [-0.1, -0.05) is 43.7 Å². The number of hydrogen-bond acceptors (Lipinski definition) is 5. The van der Waals surface area contributed by atoms with Crippen molar-refractivity contribution < 1.29 is 9.47 Å². The van der Waals surface area contributed by atoms with Gasteiger partial charge in [-0.15, -0.1) is 0 Å². The Morgan fingerprint density at radius 3 is 2.48 bits per heavy atom. The lowest BCUT2D eigenvalue weighted by Gasteiger charge is -2.13. The Bertz CT molecular complexity index is 1070. The van der Waals surface area contributed by atoms with Crippen LogP contribution in [0.4, 0.5) is 0 Å². The van der Waals surface area contributed by atoms with Crippen molar-refractivity contribution in [2.75, 3.05) is 6.61 Å². The van der Waals surface area contributed by atoms with E-state index in [0.717, 1.165) is 29.8 Å². The minimum atomic E-state index is 0.307. The molecule has 0 atom stereocenters. The molecule has 3 aromatic rings. The summed E-state index contributed by atoms with van der Waals surface area (Å²) in [7, 11) is 0. The number of hydrogen-bond donors (Lipinski definition) is 1. The van der Waals surface area contributed by atoms with Gasteiger partial charge in [0.15, 0.2) is 17.3 Å². The molecule has 0 amide bonds. The molecular formula is C24H30N4O2S. The Morgan fingerprint density at radius 2 is 1.81 bits per heavy atom. The fraction of sp³-hybridized carbons (Fsp3) is 0.375. The van der Waals surface area contributed by atoms with Crippen molar-refractivity contribution in [2.24, 2.45) is 5.10 Å². The van der Waals surface area contributed by atoms with E-state index in [9.17, 15) is 0 Å². The van der Waals surface area contributed by atoms with Crippen LogP contribution in [0.25, 0.3) is 0 Å². The quantitative estimate of drug-likeness (QED) is 0.311. The van der Waals surface area contributed by atoms with Crippen LogP contribution in [0.2, 0.25) is 0 Å². The summed E-state index contributed by atoms with van der Waals surface area (Å²) < 4.78 is 14.0. The summed E-state index contributed by atoms with van der Waals surface area (Å²) in [5, 5.41) is 11.8. The van der Waals surface area contributed by atoms with E-state index in [1.54, 1.807) is 10.9 Å². The molecule has 0 saturated heterocycles. The van der Waals surface area contributed by atoms with Crippen LogP contribution < -0.4 is 9.47 Å². The van der Waals surface area contributed by atoms with Crippen LogP contribution >= 0.6 is 12.2 Å². The molecule has 6 nitrogen and oxygen atoms in total. The summed E-state index contributed by atoms with van der Waals surface area (Å²) in [5.41, 5.74) is 3.24. The summed E-state index contributed by atoms with van der Waals surface area (Å²) in [6.07, 6.45) is 3.73. The molecule has 0 radical (unpaired) electrons. The second-order valence-electron chi connectivity index (χ2n) is 7.37. The Kier molecular flexibility index (Phi) is 8.00. The molecular weight excluding hydrogens is 408 g/mol. The largest absolute Gasteiger partial charge is 0.490 e. The van der Waals surface area contributed by atoms with E-state index in [0.29, 0.717) is 35.4 Å². The summed E-state index contributed by atoms with van der Waals surface area (Å²) in [6, 6.07) is 14.1. The number of nitrogens with zero attached hydrogens (tertiary/aromatic N) is 3. The lowest BCUT2D eigenvalue weighted by molar-refractivity contribution is 0.269. The Morgan fingerprint density at radius 1 is 1.06 bits per heavy atom. The molecule has 0 aliphatic rings. The van der Waals surface area contributed by atoms with Gasteiger partial charge in [0, 0.05) is 5.92 Å². The van der Waals surface area contributed by atoms with Crippen LogP contribution in [0.3, 0.4) is 0 Å². The molecule has 31 heavy (non-hydrogen) atoms. The Hall–Kier alpha value is -2.93. The van der Waals surface area contributed by atoms with Gasteiger partial charge >= 0.3 is 0 Å². The topological polar surface area (TPSA) is 64.4 Å². The van der Waals surface area contributed by atoms with Crippen molar-refractivity contribution in [1.29, 1.82) is 0 Å². The third kappa shape index (κ3) is 5.82. The number of rotatable bonds is 10. The van der Waals surface area contributed by atoms with Crippen LogP contribution in [0.5, 0.6) is 11.5 Å². The van der Waals surface area contributed by atoms with Crippen molar-refractivity contribution in [3.63, 3.8) is 0 Å². The normalized spacial score (nSPS) is 11.4. The average Bonchev–Trinajstić information content (AvgIpc) is 3.14. The minimum absolute atomic E-state index is 0.307. The van der Waals surface area contributed by atoms with E-state index < -0.39 is 0 Å². The van der Waals surface area contributed by atoms with Gasteiger partial charge in [0.25, 0.3) is 0 Å². The van der Waals surface area contributed by atoms with E-state index >= 15 is 0 Å². The van der Waals surface area contributed by atoms with E-state index in [-0.39, 0.29) is 0 Å². The molecule has 0 aliphatic carbocycles. The minimum Gasteiger partial charge on any atom is -0.490 e. The van der Waals surface area contributed by atoms with Gasteiger partial charge in [-0.2, -0.15) is 14.9 Å². The van der Waals surface area contributed by atoms with E-state index in [2.05, 4.69) is 60.3 Å². The predicted molar refractivity (Wildman–Crippen MR) is 127 cm³/mol. The number of nitrogens with one attached hydrogen (secondary N) is 1. The standard InChI is InChI=1S/C24H30N4O2S/c1-5-20(6-2)23-26-27-24(31)28(23)25-15-19-12-13-21(22(14-19)29-7-3)30-16-18-10-8-17(4)9-11-18/h8-15,20H,5-7,16H2,1-4H3,(H,27,31)/b25-15-. The van der Waals surface area contributed by atoms with Gasteiger partial charge in [-0.3, -0.25) is 5.10 Å². The first kappa shape index (κ1) is 22.7. The number of aromatic nitrogens is 3. The van der Waals surface area contributed by atoms with E-state index in [1.807, 2.05) is 25.1 Å². The zero-order chi connectivity index (χ0) is 22.2. The van der Waals surface area contributed by atoms with Gasteiger partial charge in [-0.05, 0) is 68.2 Å². The highest BCUT2D eigenvalue weighted by Gasteiger charge is 2.15. The number of aromatic amines is 1. The van der Waals surface area contributed by atoms with Crippen LogP contribution in [0, 0.1) is 11.7 Å². The van der Waals surface area contributed by atoms with Crippen LogP contribution in [-0.2, 0) is 6.61 Å². The molecule has 0 fully saturated rings.